The van der Waals surface area contributed by atoms with Gasteiger partial charge in [0.2, 0.25) is 11.8 Å². The average molecular weight is 540 g/mol. The predicted molar refractivity (Wildman–Crippen MR) is 149 cm³/mol. The van der Waals surface area contributed by atoms with Crippen LogP contribution in [-0.4, -0.2) is 34.5 Å². The molecular formula is C31H29N3O6. The van der Waals surface area contributed by atoms with E-state index in [1.807, 2.05) is 24.3 Å². The maximum absolute atomic E-state index is 13.0. The molecule has 40 heavy (non-hydrogen) atoms. The molecule has 4 rings (SSSR count). The van der Waals surface area contributed by atoms with Crippen molar-refractivity contribution in [3.63, 3.8) is 0 Å². The molecule has 0 fully saturated rings. The summed E-state index contributed by atoms with van der Waals surface area (Å²) in [5.74, 6) is -0.454. The van der Waals surface area contributed by atoms with E-state index in [1.165, 1.54) is 19.2 Å². The monoisotopic (exact) mass is 539 g/mol. The van der Waals surface area contributed by atoms with Crippen LogP contribution in [0, 0.1) is 0 Å². The van der Waals surface area contributed by atoms with Gasteiger partial charge in [-0.15, -0.1) is 0 Å². The molecule has 0 saturated heterocycles. The van der Waals surface area contributed by atoms with Gasteiger partial charge in [0, 0.05) is 31.4 Å². The number of benzene rings is 3. The summed E-state index contributed by atoms with van der Waals surface area (Å²) >= 11 is 0. The van der Waals surface area contributed by atoms with E-state index in [0.717, 1.165) is 11.1 Å². The highest BCUT2D eigenvalue weighted by molar-refractivity contribution is 5.96. The summed E-state index contributed by atoms with van der Waals surface area (Å²) < 4.78 is 10.9. The number of phenolic OH excluding ortho intramolecular Hbond substituents is 1. The standard InChI is InChI=1S/C31H29N3O6/c1-3-39-31(38)24-7-4-10-27(17-24)40-30-28(11-6-16-32-30)29(37)33-19-22-12-14-23(15-13-22)20-34(21(2)35)25-8-5-9-26(36)18-25/h4-18,36H,3,19-20H2,1-2H3,(H,33,37). The highest BCUT2D eigenvalue weighted by Gasteiger charge is 2.16. The Bertz CT molecular complexity index is 1500. The molecule has 204 valence electrons. The fourth-order valence-corrected chi connectivity index (χ4v) is 3.93. The number of esters is 1. The van der Waals surface area contributed by atoms with Gasteiger partial charge in [-0.2, -0.15) is 0 Å². The van der Waals surface area contributed by atoms with Crippen LogP contribution in [0.4, 0.5) is 5.69 Å². The van der Waals surface area contributed by atoms with Crippen molar-refractivity contribution in [2.75, 3.05) is 11.5 Å². The molecule has 0 radical (unpaired) electrons. The second-order valence-corrected chi connectivity index (χ2v) is 8.83. The smallest absolute Gasteiger partial charge is 0.338 e. The van der Waals surface area contributed by atoms with E-state index in [9.17, 15) is 19.5 Å². The molecule has 0 aliphatic heterocycles. The quantitative estimate of drug-likeness (QED) is 0.265. The molecule has 0 aliphatic carbocycles. The largest absolute Gasteiger partial charge is 0.508 e. The third-order valence-corrected chi connectivity index (χ3v) is 5.91. The number of nitrogens with one attached hydrogen (secondary N) is 1. The molecule has 0 aliphatic rings. The Hall–Kier alpha value is -5.18. The molecule has 2 N–H and O–H groups in total. The van der Waals surface area contributed by atoms with Gasteiger partial charge in [0.25, 0.3) is 5.91 Å². The molecule has 1 heterocycles. The summed E-state index contributed by atoms with van der Waals surface area (Å²) in [6.07, 6.45) is 1.52. The van der Waals surface area contributed by atoms with Crippen LogP contribution >= 0.6 is 0 Å². The number of carbonyl (C=O) groups is 3. The lowest BCUT2D eigenvalue weighted by atomic mass is 10.1. The number of pyridine rings is 1. The molecule has 0 unspecified atom stereocenters. The highest BCUT2D eigenvalue weighted by atomic mass is 16.5. The van der Waals surface area contributed by atoms with Crippen LogP contribution in [0.1, 0.15) is 45.7 Å². The molecule has 1 aromatic heterocycles. The molecule has 9 heteroatoms. The second-order valence-electron chi connectivity index (χ2n) is 8.83. The maximum Gasteiger partial charge on any atom is 0.338 e. The van der Waals surface area contributed by atoms with E-state index in [1.54, 1.807) is 66.4 Å². The molecule has 0 atom stereocenters. The molecule has 0 bridgehead atoms. The Kier molecular flexibility index (Phi) is 9.09. The van der Waals surface area contributed by atoms with Crippen molar-refractivity contribution >= 4 is 23.5 Å². The molecule has 4 aromatic rings. The van der Waals surface area contributed by atoms with Crippen molar-refractivity contribution in [1.29, 1.82) is 0 Å². The van der Waals surface area contributed by atoms with Crippen molar-refractivity contribution in [2.45, 2.75) is 26.9 Å². The van der Waals surface area contributed by atoms with E-state index >= 15 is 0 Å². The molecular weight excluding hydrogens is 510 g/mol. The molecule has 0 saturated carbocycles. The first kappa shape index (κ1) is 27.8. The number of anilines is 1. The van der Waals surface area contributed by atoms with Crippen molar-refractivity contribution in [3.8, 4) is 17.4 Å². The third-order valence-electron chi connectivity index (χ3n) is 5.91. The summed E-state index contributed by atoms with van der Waals surface area (Å²) in [6.45, 7) is 4.05. The van der Waals surface area contributed by atoms with Crippen LogP contribution in [-0.2, 0) is 22.6 Å². The third kappa shape index (κ3) is 7.22. The fraction of sp³-hybridized carbons (Fsp3) is 0.161. The SMILES string of the molecule is CCOC(=O)c1cccc(Oc2ncccc2C(=O)NCc2ccc(CN(C(C)=O)c3cccc(O)c3)cc2)c1. The number of aromatic hydroxyl groups is 1. The van der Waals surface area contributed by atoms with Gasteiger partial charge in [-0.25, -0.2) is 9.78 Å². The normalized spacial score (nSPS) is 10.4. The first-order chi connectivity index (χ1) is 19.3. The zero-order valence-electron chi connectivity index (χ0n) is 22.2. The fourth-order valence-electron chi connectivity index (χ4n) is 3.93. The summed E-state index contributed by atoms with van der Waals surface area (Å²) in [7, 11) is 0. The number of amides is 2. The Morgan fingerprint density at radius 3 is 2.40 bits per heavy atom. The lowest BCUT2D eigenvalue weighted by Crippen LogP contribution is -2.27. The number of hydrogen-bond donors (Lipinski definition) is 2. The van der Waals surface area contributed by atoms with Crippen LogP contribution in [0.15, 0.2) is 91.1 Å². The summed E-state index contributed by atoms with van der Waals surface area (Å²) in [5, 5.41) is 12.6. The number of aromatic nitrogens is 1. The van der Waals surface area contributed by atoms with Crippen molar-refractivity contribution < 1.29 is 29.0 Å². The number of nitrogens with zero attached hydrogens (tertiary/aromatic N) is 2. The van der Waals surface area contributed by atoms with Gasteiger partial charge in [-0.3, -0.25) is 9.59 Å². The van der Waals surface area contributed by atoms with Gasteiger partial charge in [0.1, 0.15) is 17.1 Å². The van der Waals surface area contributed by atoms with Gasteiger partial charge in [-0.05, 0) is 60.5 Å². The first-order valence-electron chi connectivity index (χ1n) is 12.7. The second kappa shape index (κ2) is 13.1. The van der Waals surface area contributed by atoms with E-state index in [2.05, 4.69) is 10.3 Å². The van der Waals surface area contributed by atoms with E-state index in [0.29, 0.717) is 23.5 Å². The lowest BCUT2D eigenvalue weighted by molar-refractivity contribution is -0.116. The predicted octanol–water partition coefficient (Wildman–Crippen LogP) is 5.24. The van der Waals surface area contributed by atoms with E-state index in [4.69, 9.17) is 9.47 Å². The minimum atomic E-state index is -0.466. The van der Waals surface area contributed by atoms with Crippen LogP contribution in [0.3, 0.4) is 0 Å². The first-order valence-corrected chi connectivity index (χ1v) is 12.7. The molecule has 9 nitrogen and oxygen atoms in total. The summed E-state index contributed by atoms with van der Waals surface area (Å²) in [6, 6.07) is 23.8. The molecule has 0 spiro atoms. The van der Waals surface area contributed by atoms with Gasteiger partial charge in [0.05, 0.1) is 18.7 Å². The van der Waals surface area contributed by atoms with Crippen LogP contribution < -0.4 is 15.0 Å². The Morgan fingerprint density at radius 1 is 0.925 bits per heavy atom. The summed E-state index contributed by atoms with van der Waals surface area (Å²) in [4.78, 5) is 43.0. The van der Waals surface area contributed by atoms with Gasteiger partial charge in [0.15, 0.2) is 0 Å². The Labute approximate surface area is 232 Å². The van der Waals surface area contributed by atoms with Crippen LogP contribution in [0.2, 0.25) is 0 Å². The lowest BCUT2D eigenvalue weighted by Gasteiger charge is -2.21. The topological polar surface area (TPSA) is 118 Å². The number of hydrogen-bond acceptors (Lipinski definition) is 7. The van der Waals surface area contributed by atoms with Gasteiger partial charge >= 0.3 is 5.97 Å². The van der Waals surface area contributed by atoms with E-state index < -0.39 is 5.97 Å². The highest BCUT2D eigenvalue weighted by Crippen LogP contribution is 2.25. The van der Waals surface area contributed by atoms with Gasteiger partial charge < -0.3 is 24.8 Å². The minimum Gasteiger partial charge on any atom is -0.508 e. The van der Waals surface area contributed by atoms with Crippen LogP contribution in [0.25, 0.3) is 0 Å². The molecule has 2 amide bonds. The van der Waals surface area contributed by atoms with E-state index in [-0.39, 0.29) is 42.2 Å². The van der Waals surface area contributed by atoms with Gasteiger partial charge in [-0.1, -0.05) is 36.4 Å². The Morgan fingerprint density at radius 2 is 1.68 bits per heavy atom. The number of carbonyl (C=O) groups excluding carboxylic acids is 3. The average Bonchev–Trinajstić information content (AvgIpc) is 2.95. The summed E-state index contributed by atoms with van der Waals surface area (Å²) in [5.41, 5.74) is 2.92. The zero-order valence-corrected chi connectivity index (χ0v) is 22.2. The maximum atomic E-state index is 13.0. The number of phenols is 1. The minimum absolute atomic E-state index is 0.0854. The zero-order chi connectivity index (χ0) is 28.5. The van der Waals surface area contributed by atoms with Crippen molar-refractivity contribution in [1.82, 2.24) is 10.3 Å². The van der Waals surface area contributed by atoms with Crippen molar-refractivity contribution in [3.05, 3.63) is 113 Å². The Balaban J connectivity index is 1.39. The molecule has 3 aromatic carbocycles. The number of rotatable bonds is 10. The number of ether oxygens (including phenoxy) is 2. The van der Waals surface area contributed by atoms with Crippen LogP contribution in [0.5, 0.6) is 17.4 Å². The van der Waals surface area contributed by atoms with Crippen molar-refractivity contribution in [2.24, 2.45) is 0 Å².